The van der Waals surface area contributed by atoms with Crippen LogP contribution in [0.1, 0.15) is 51.2 Å². The highest BCUT2D eigenvalue weighted by Gasteiger charge is 2.50. The Kier molecular flexibility index (Phi) is 7.23. The number of carboxylic acid groups (broad SMARTS) is 1. The Morgan fingerprint density at radius 1 is 1.04 bits per heavy atom. The molecule has 1 atom stereocenters. The Morgan fingerprint density at radius 3 is 2.42 bits per heavy atom. The van der Waals surface area contributed by atoms with E-state index in [1.807, 2.05) is 32.9 Å². The summed E-state index contributed by atoms with van der Waals surface area (Å²) in [7, 11) is 1.23. The standard InChI is InChI=1S/C35H32N4O6/c1-7-18-15(3)22-11-23-16(4)20(9-10-28(41)42)32(38-23)30-31(35(44)45-6)34(43)29-17(5)24(39-33(29)30)12-26-19(8-2)21(14-40)27(37-26)13-25(18)36-22/h7,11-14,31,36,40H,1,8-10H2,2-6H3,(H,41,42)/b21-14-,22-11?,24-12?,25-13?,32-30?/t31-/m1/s1. The quantitative estimate of drug-likeness (QED) is 0.253. The van der Waals surface area contributed by atoms with E-state index in [9.17, 15) is 24.6 Å². The van der Waals surface area contributed by atoms with Gasteiger partial charge in [-0.3, -0.25) is 14.4 Å². The highest BCUT2D eigenvalue weighted by atomic mass is 16.5. The molecule has 8 bridgehead atoms. The maximum Gasteiger partial charge on any atom is 0.321 e. The number of rotatable bonds is 6. The number of H-pyrrole nitrogens is 1. The fourth-order valence-electron chi connectivity index (χ4n) is 6.58. The first kappa shape index (κ1) is 29.7. The molecule has 0 saturated heterocycles. The average Bonchev–Trinajstić information content (AvgIpc) is 3.76. The van der Waals surface area contributed by atoms with Gasteiger partial charge in [-0.05, 0) is 79.7 Å². The second-order valence-corrected chi connectivity index (χ2v) is 11.3. The second-order valence-electron chi connectivity index (χ2n) is 11.3. The molecule has 1 aromatic heterocycles. The van der Waals surface area contributed by atoms with Crippen LogP contribution in [0.2, 0.25) is 0 Å². The lowest BCUT2D eigenvalue weighted by atomic mass is 9.93. The molecule has 0 spiro atoms. The average molecular weight is 605 g/mol. The Balaban J connectivity index is 1.76. The van der Waals surface area contributed by atoms with Gasteiger partial charge in [0.25, 0.3) is 0 Å². The fourth-order valence-corrected chi connectivity index (χ4v) is 6.58. The number of Topliss-reactive ketones (excluding diaryl/α,β-unsaturated/α-hetero) is 1. The van der Waals surface area contributed by atoms with Crippen molar-refractivity contribution in [2.75, 3.05) is 7.11 Å². The molecule has 5 heterocycles. The maximum absolute atomic E-state index is 14.0. The van der Waals surface area contributed by atoms with Gasteiger partial charge in [0, 0.05) is 39.4 Å². The van der Waals surface area contributed by atoms with E-state index in [1.54, 1.807) is 19.1 Å². The number of nitrogens with one attached hydrogen (secondary N) is 1. The SMILES string of the molecule is C=Cc1c(C)c2[nH]c1=CC1=NC(=C(CC)/C1=C/O)C=C1N=C3C(=C1C)C(=O)[C@H](C(=O)OC)C3=C1N=C(C=2)C(C)=C1CCC(=O)O. The molecule has 5 aliphatic rings. The number of nitrogens with zero attached hydrogens (tertiary/aromatic N) is 3. The minimum absolute atomic E-state index is 0.137. The minimum atomic E-state index is -1.30. The molecule has 45 heavy (non-hydrogen) atoms. The number of aliphatic hydroxyl groups is 1. The molecule has 0 amide bonds. The van der Waals surface area contributed by atoms with Gasteiger partial charge in [0.1, 0.15) is 5.92 Å². The number of methoxy groups -OCH3 is 1. The van der Waals surface area contributed by atoms with E-state index < -0.39 is 23.6 Å². The maximum atomic E-state index is 14.0. The van der Waals surface area contributed by atoms with Gasteiger partial charge in [-0.1, -0.05) is 19.6 Å². The van der Waals surface area contributed by atoms with Gasteiger partial charge in [-0.2, -0.15) is 0 Å². The molecule has 1 fully saturated rings. The third-order valence-electron chi connectivity index (χ3n) is 8.96. The summed E-state index contributed by atoms with van der Waals surface area (Å²) in [5.74, 6) is -3.46. The van der Waals surface area contributed by atoms with Crippen molar-refractivity contribution in [1.82, 2.24) is 4.98 Å². The summed E-state index contributed by atoms with van der Waals surface area (Å²) < 4.78 is 5.09. The summed E-state index contributed by atoms with van der Waals surface area (Å²) in [4.78, 5) is 57.0. The normalized spacial score (nSPS) is 21.2. The summed E-state index contributed by atoms with van der Waals surface area (Å²) in [5.41, 5.74) is 8.56. The van der Waals surface area contributed by atoms with Crippen molar-refractivity contribution >= 4 is 53.1 Å². The van der Waals surface area contributed by atoms with Crippen molar-refractivity contribution in [3.63, 3.8) is 0 Å². The number of ketones is 1. The number of carbonyl (C=O) groups excluding carboxylic acids is 2. The smallest absolute Gasteiger partial charge is 0.321 e. The Morgan fingerprint density at radius 2 is 1.78 bits per heavy atom. The number of aromatic nitrogens is 1. The van der Waals surface area contributed by atoms with Gasteiger partial charge in [-0.25, -0.2) is 15.0 Å². The molecule has 6 rings (SSSR count). The first-order valence-corrected chi connectivity index (χ1v) is 14.6. The molecular weight excluding hydrogens is 572 g/mol. The molecule has 10 heteroatoms. The Bertz CT molecular complexity index is 2080. The molecule has 1 saturated carbocycles. The zero-order valence-corrected chi connectivity index (χ0v) is 25.7. The van der Waals surface area contributed by atoms with Crippen molar-refractivity contribution in [3.05, 3.63) is 96.8 Å². The van der Waals surface area contributed by atoms with Gasteiger partial charge >= 0.3 is 11.9 Å². The van der Waals surface area contributed by atoms with Crippen LogP contribution in [0.25, 0.3) is 18.2 Å². The number of ether oxygens (including phenoxy) is 1. The van der Waals surface area contributed by atoms with Crippen LogP contribution in [-0.2, 0) is 19.1 Å². The number of hydrogen-bond acceptors (Lipinski definition) is 8. The van der Waals surface area contributed by atoms with Crippen LogP contribution in [0.3, 0.4) is 0 Å². The largest absolute Gasteiger partial charge is 0.515 e. The fraction of sp³-hybridized carbons (Fsp3) is 0.257. The summed E-state index contributed by atoms with van der Waals surface area (Å²) >= 11 is 0. The van der Waals surface area contributed by atoms with Crippen LogP contribution in [-0.4, -0.2) is 57.2 Å². The van der Waals surface area contributed by atoms with Crippen LogP contribution in [0, 0.1) is 12.8 Å². The van der Waals surface area contributed by atoms with Gasteiger partial charge < -0.3 is 19.9 Å². The van der Waals surface area contributed by atoms with Crippen molar-refractivity contribution < 1.29 is 29.3 Å². The minimum Gasteiger partial charge on any atom is -0.515 e. The molecular formula is C35H32N4O6. The molecule has 10 nitrogen and oxygen atoms in total. The first-order chi connectivity index (χ1) is 21.5. The molecule has 0 radical (unpaired) electrons. The number of aliphatic carboxylic acids is 1. The summed E-state index contributed by atoms with van der Waals surface area (Å²) in [6.45, 7) is 11.6. The van der Waals surface area contributed by atoms with E-state index in [1.165, 1.54) is 7.11 Å². The van der Waals surface area contributed by atoms with E-state index in [2.05, 4.69) is 11.6 Å². The van der Waals surface area contributed by atoms with Crippen LogP contribution in [0.4, 0.5) is 0 Å². The van der Waals surface area contributed by atoms with Crippen molar-refractivity contribution in [2.45, 2.75) is 47.0 Å². The van der Waals surface area contributed by atoms with Crippen molar-refractivity contribution in [3.8, 4) is 0 Å². The number of carbonyl (C=O) groups is 3. The number of fused-ring (bicyclic) bond motifs is 5. The van der Waals surface area contributed by atoms with Gasteiger partial charge in [-0.15, -0.1) is 0 Å². The molecule has 228 valence electrons. The topological polar surface area (TPSA) is 154 Å². The third kappa shape index (κ3) is 4.47. The first-order valence-electron chi connectivity index (χ1n) is 14.6. The van der Waals surface area contributed by atoms with Crippen molar-refractivity contribution in [1.29, 1.82) is 0 Å². The molecule has 4 aliphatic heterocycles. The number of aliphatic hydroxyl groups excluding tert-OH is 1. The number of allylic oxidation sites excluding steroid dienone is 7. The Labute approximate surface area is 259 Å². The van der Waals surface area contributed by atoms with Gasteiger partial charge in [0.05, 0.1) is 47.6 Å². The lowest BCUT2D eigenvalue weighted by molar-refractivity contribution is -0.146. The summed E-state index contributed by atoms with van der Waals surface area (Å²) in [6.07, 6.45) is 8.86. The number of hydrogen-bond donors (Lipinski definition) is 3. The van der Waals surface area contributed by atoms with Crippen LogP contribution < -0.4 is 10.7 Å². The van der Waals surface area contributed by atoms with Crippen molar-refractivity contribution in [2.24, 2.45) is 20.9 Å². The number of aromatic amines is 1. The van der Waals surface area contributed by atoms with Gasteiger partial charge in [0.2, 0.25) is 0 Å². The predicted molar refractivity (Wildman–Crippen MR) is 172 cm³/mol. The lowest BCUT2D eigenvalue weighted by Gasteiger charge is -2.13. The van der Waals surface area contributed by atoms with E-state index in [4.69, 9.17) is 19.7 Å². The van der Waals surface area contributed by atoms with Crippen LogP contribution in [0.15, 0.2) is 90.0 Å². The van der Waals surface area contributed by atoms with Crippen LogP contribution >= 0.6 is 0 Å². The van der Waals surface area contributed by atoms with E-state index in [-0.39, 0.29) is 12.8 Å². The Hall–Kier alpha value is -5.38. The monoisotopic (exact) mass is 604 g/mol. The van der Waals surface area contributed by atoms with E-state index in [0.717, 1.165) is 39.2 Å². The van der Waals surface area contributed by atoms with Gasteiger partial charge in [0.15, 0.2) is 5.78 Å². The number of carboxylic acids is 1. The predicted octanol–water partition coefficient (Wildman–Crippen LogP) is 4.02. The highest BCUT2D eigenvalue weighted by Crippen LogP contribution is 2.46. The second kappa shape index (κ2) is 11.0. The number of aliphatic imine (C=N–C) groups is 3. The number of esters is 1. The van der Waals surface area contributed by atoms with Crippen LogP contribution in [0.5, 0.6) is 0 Å². The van der Waals surface area contributed by atoms with E-state index in [0.29, 0.717) is 68.5 Å². The summed E-state index contributed by atoms with van der Waals surface area (Å²) in [6, 6.07) is 0. The summed E-state index contributed by atoms with van der Waals surface area (Å²) in [5, 5.41) is 21.3. The third-order valence-corrected chi connectivity index (χ3v) is 8.96. The molecule has 0 aromatic carbocycles. The zero-order chi connectivity index (χ0) is 32.3. The molecule has 1 aliphatic carbocycles. The molecule has 1 aromatic rings. The lowest BCUT2D eigenvalue weighted by Crippen LogP contribution is -2.23. The zero-order valence-electron chi connectivity index (χ0n) is 25.7. The van der Waals surface area contributed by atoms with E-state index >= 15 is 0 Å². The molecule has 3 N–H and O–H groups in total. The molecule has 0 unspecified atom stereocenters. The highest BCUT2D eigenvalue weighted by molar-refractivity contribution is 6.43.